The van der Waals surface area contributed by atoms with Crippen molar-refractivity contribution in [2.45, 2.75) is 32.4 Å². The molecule has 0 aromatic heterocycles. The first kappa shape index (κ1) is 17.2. The maximum Gasteiger partial charge on any atom is 0.254 e. The van der Waals surface area contributed by atoms with Crippen molar-refractivity contribution in [1.82, 2.24) is 9.80 Å². The Kier molecular flexibility index (Phi) is 4.23. The molecule has 140 valence electrons. The molecule has 3 aromatic rings. The third-order valence-corrected chi connectivity index (χ3v) is 5.70. The molecular formula is C24H22N2O2. The molecule has 0 aliphatic carbocycles. The first-order valence-corrected chi connectivity index (χ1v) is 9.64. The van der Waals surface area contributed by atoms with E-state index in [0.29, 0.717) is 19.6 Å². The molecule has 2 heterocycles. The van der Waals surface area contributed by atoms with Crippen molar-refractivity contribution in [2.75, 3.05) is 0 Å². The molecule has 4 heteroatoms. The summed E-state index contributed by atoms with van der Waals surface area (Å²) in [6.07, 6.45) is -0.561. The zero-order chi connectivity index (χ0) is 19.1. The summed E-state index contributed by atoms with van der Waals surface area (Å²) in [5.41, 5.74) is 6.36. The molecule has 0 fully saturated rings. The van der Waals surface area contributed by atoms with Crippen LogP contribution in [0.15, 0.2) is 72.8 Å². The fourth-order valence-electron chi connectivity index (χ4n) is 4.30. The Morgan fingerprint density at radius 1 is 0.821 bits per heavy atom. The zero-order valence-corrected chi connectivity index (χ0v) is 15.6. The van der Waals surface area contributed by atoms with E-state index in [2.05, 4.69) is 29.2 Å². The Labute approximate surface area is 164 Å². The first-order chi connectivity index (χ1) is 13.7. The van der Waals surface area contributed by atoms with Crippen molar-refractivity contribution in [2.24, 2.45) is 0 Å². The summed E-state index contributed by atoms with van der Waals surface area (Å²) in [6.45, 7) is 2.70. The van der Waals surface area contributed by atoms with Crippen LogP contribution in [0.2, 0.25) is 0 Å². The summed E-state index contributed by atoms with van der Waals surface area (Å²) in [7, 11) is 0. The average molecular weight is 370 g/mol. The summed E-state index contributed by atoms with van der Waals surface area (Å²) in [6, 6.07) is 24.2. The fraction of sp³-hybridized carbons (Fsp3) is 0.208. The van der Waals surface area contributed by atoms with Crippen molar-refractivity contribution in [3.05, 3.63) is 106 Å². The number of hydrogen-bond donors (Lipinski definition) is 1. The minimum Gasteiger partial charge on any atom is -0.374 e. The highest BCUT2D eigenvalue weighted by atomic mass is 16.3. The van der Waals surface area contributed by atoms with Gasteiger partial charge in [-0.25, -0.2) is 0 Å². The minimum atomic E-state index is -0.561. The van der Waals surface area contributed by atoms with Gasteiger partial charge in [0.15, 0.2) is 0 Å². The second-order valence-corrected chi connectivity index (χ2v) is 7.62. The predicted octanol–water partition coefficient (Wildman–Crippen LogP) is 3.85. The van der Waals surface area contributed by atoms with Gasteiger partial charge in [0.05, 0.1) is 0 Å². The standard InChI is InChI=1S/C24H22N2O2/c27-23-21-10-3-1-8-19(21)15-25(23)13-17-6-5-7-18(12-17)14-26-16-20-9-2-4-11-22(20)24(26)28/h1-12,23,27H,13-16H2. The monoisotopic (exact) mass is 370 g/mol. The van der Waals surface area contributed by atoms with Gasteiger partial charge in [0.1, 0.15) is 6.23 Å². The maximum atomic E-state index is 12.6. The Bertz CT molecular complexity index is 1050. The molecule has 2 aliphatic heterocycles. The van der Waals surface area contributed by atoms with Crippen LogP contribution in [0.25, 0.3) is 0 Å². The third kappa shape index (κ3) is 3.01. The van der Waals surface area contributed by atoms with Crippen molar-refractivity contribution >= 4 is 5.91 Å². The Balaban J connectivity index is 1.30. The summed E-state index contributed by atoms with van der Waals surface area (Å²) in [5.74, 6) is 0.103. The van der Waals surface area contributed by atoms with Crippen LogP contribution in [0.1, 0.15) is 44.4 Å². The van der Waals surface area contributed by atoms with Crippen molar-refractivity contribution in [3.63, 3.8) is 0 Å². The van der Waals surface area contributed by atoms with E-state index in [1.807, 2.05) is 53.4 Å². The predicted molar refractivity (Wildman–Crippen MR) is 107 cm³/mol. The van der Waals surface area contributed by atoms with Gasteiger partial charge in [-0.15, -0.1) is 0 Å². The molecular weight excluding hydrogens is 348 g/mol. The van der Waals surface area contributed by atoms with E-state index in [4.69, 9.17) is 0 Å². The van der Waals surface area contributed by atoms with Crippen molar-refractivity contribution < 1.29 is 9.90 Å². The van der Waals surface area contributed by atoms with Gasteiger partial charge in [-0.1, -0.05) is 66.7 Å². The fourth-order valence-corrected chi connectivity index (χ4v) is 4.30. The summed E-state index contributed by atoms with van der Waals surface area (Å²) < 4.78 is 0. The van der Waals surface area contributed by atoms with Crippen LogP contribution in [-0.2, 0) is 26.2 Å². The quantitative estimate of drug-likeness (QED) is 0.759. The SMILES string of the molecule is O=C1c2ccccc2CN1Cc1cccc(CN2Cc3ccccc3C2O)c1. The highest BCUT2D eigenvalue weighted by Crippen LogP contribution is 2.32. The van der Waals surface area contributed by atoms with Crippen LogP contribution in [0.5, 0.6) is 0 Å². The van der Waals surface area contributed by atoms with Crippen LogP contribution >= 0.6 is 0 Å². The van der Waals surface area contributed by atoms with E-state index >= 15 is 0 Å². The van der Waals surface area contributed by atoms with E-state index in [1.165, 1.54) is 5.56 Å². The molecule has 0 saturated carbocycles. The molecule has 0 spiro atoms. The Hall–Kier alpha value is -2.95. The number of aliphatic hydroxyl groups is 1. The molecule has 1 amide bonds. The van der Waals surface area contributed by atoms with Gasteiger partial charge in [-0.3, -0.25) is 9.69 Å². The number of nitrogens with zero attached hydrogens (tertiary/aromatic N) is 2. The van der Waals surface area contributed by atoms with Gasteiger partial charge >= 0.3 is 0 Å². The molecule has 4 nitrogen and oxygen atoms in total. The summed E-state index contributed by atoms with van der Waals surface area (Å²) >= 11 is 0. The highest BCUT2D eigenvalue weighted by Gasteiger charge is 2.28. The lowest BCUT2D eigenvalue weighted by Gasteiger charge is -2.21. The summed E-state index contributed by atoms with van der Waals surface area (Å²) in [5, 5.41) is 10.6. The number of rotatable bonds is 4. The zero-order valence-electron chi connectivity index (χ0n) is 15.6. The van der Waals surface area contributed by atoms with Crippen molar-refractivity contribution in [3.8, 4) is 0 Å². The van der Waals surface area contributed by atoms with E-state index in [0.717, 1.165) is 34.4 Å². The van der Waals surface area contributed by atoms with Crippen molar-refractivity contribution in [1.29, 1.82) is 0 Å². The molecule has 0 bridgehead atoms. The molecule has 0 radical (unpaired) electrons. The molecule has 3 aromatic carbocycles. The average Bonchev–Trinajstić information content (AvgIpc) is 3.20. The lowest BCUT2D eigenvalue weighted by molar-refractivity contribution is 0.00767. The number of carbonyl (C=O) groups is 1. The summed E-state index contributed by atoms with van der Waals surface area (Å²) in [4.78, 5) is 16.6. The van der Waals surface area contributed by atoms with Crippen LogP contribution in [0.3, 0.4) is 0 Å². The molecule has 2 aliphatic rings. The lowest BCUT2D eigenvalue weighted by Crippen LogP contribution is -2.24. The van der Waals surface area contributed by atoms with Gasteiger partial charge in [0, 0.05) is 31.7 Å². The lowest BCUT2D eigenvalue weighted by atomic mass is 10.1. The minimum absolute atomic E-state index is 0.103. The smallest absolute Gasteiger partial charge is 0.254 e. The number of carbonyl (C=O) groups excluding carboxylic acids is 1. The Morgan fingerprint density at radius 2 is 1.54 bits per heavy atom. The first-order valence-electron chi connectivity index (χ1n) is 9.64. The second-order valence-electron chi connectivity index (χ2n) is 7.62. The number of hydrogen-bond acceptors (Lipinski definition) is 3. The van der Waals surface area contributed by atoms with E-state index in [9.17, 15) is 9.90 Å². The molecule has 1 atom stereocenters. The number of fused-ring (bicyclic) bond motifs is 2. The molecule has 1 unspecified atom stereocenters. The van der Waals surface area contributed by atoms with Crippen LogP contribution < -0.4 is 0 Å². The van der Waals surface area contributed by atoms with E-state index in [1.54, 1.807) is 0 Å². The third-order valence-electron chi connectivity index (χ3n) is 5.70. The number of aliphatic hydroxyl groups excluding tert-OH is 1. The number of amides is 1. The highest BCUT2D eigenvalue weighted by molar-refractivity contribution is 5.98. The van der Waals surface area contributed by atoms with Crippen LogP contribution in [0, 0.1) is 0 Å². The molecule has 0 saturated heterocycles. The topological polar surface area (TPSA) is 43.8 Å². The van der Waals surface area contributed by atoms with Gasteiger partial charge in [0.25, 0.3) is 5.91 Å². The number of benzene rings is 3. The van der Waals surface area contributed by atoms with Gasteiger partial charge < -0.3 is 10.0 Å². The van der Waals surface area contributed by atoms with Gasteiger partial charge in [-0.2, -0.15) is 0 Å². The maximum absolute atomic E-state index is 12.6. The van der Waals surface area contributed by atoms with Crippen LogP contribution in [-0.4, -0.2) is 20.8 Å². The molecule has 28 heavy (non-hydrogen) atoms. The van der Waals surface area contributed by atoms with E-state index in [-0.39, 0.29) is 5.91 Å². The second kappa shape index (κ2) is 6.89. The Morgan fingerprint density at radius 3 is 2.32 bits per heavy atom. The van der Waals surface area contributed by atoms with E-state index < -0.39 is 6.23 Å². The molecule has 5 rings (SSSR count). The van der Waals surface area contributed by atoms with Gasteiger partial charge in [-0.05, 0) is 33.9 Å². The normalized spacial score (nSPS) is 18.4. The van der Waals surface area contributed by atoms with Crippen LogP contribution in [0.4, 0.5) is 0 Å². The molecule has 1 N–H and O–H groups in total. The van der Waals surface area contributed by atoms with Gasteiger partial charge in [0.2, 0.25) is 0 Å². The largest absolute Gasteiger partial charge is 0.374 e.